The first-order valence-electron chi connectivity index (χ1n) is 27.1. The van der Waals surface area contributed by atoms with Crippen LogP contribution in [0, 0.1) is 0 Å². The second-order valence-corrected chi connectivity index (χ2v) is 21.4. The summed E-state index contributed by atoms with van der Waals surface area (Å²) in [6, 6.07) is 103. The predicted octanol–water partition coefficient (Wildman–Crippen LogP) is 20.0. The maximum absolute atomic E-state index is 9.11. The van der Waals surface area contributed by atoms with Gasteiger partial charge in [0.2, 0.25) is 0 Å². The molecular weight excluding hydrogens is 1040 g/mol. The molecule has 0 bridgehead atoms. The van der Waals surface area contributed by atoms with Gasteiger partial charge in [0, 0.05) is 4.47 Å². The molecule has 0 aliphatic rings. The van der Waals surface area contributed by atoms with Crippen molar-refractivity contribution in [2.45, 2.75) is 0 Å². The molecule has 0 aromatic heterocycles. The molecule has 0 radical (unpaired) electrons. The minimum atomic E-state index is -1.42. The van der Waals surface area contributed by atoms with Gasteiger partial charge in [-0.2, -0.15) is 0 Å². The van der Waals surface area contributed by atoms with Crippen LogP contribution >= 0.6 is 15.9 Å². The first-order valence-corrected chi connectivity index (χ1v) is 27.9. The Kier molecular flexibility index (Phi) is 12.7. The van der Waals surface area contributed by atoms with Crippen molar-refractivity contribution in [3.63, 3.8) is 0 Å². The van der Waals surface area contributed by atoms with Gasteiger partial charge in [0.05, 0.1) is 0 Å². The summed E-state index contributed by atoms with van der Waals surface area (Å²) in [6.45, 7) is 0. The fourth-order valence-corrected chi connectivity index (χ4v) is 12.9. The van der Waals surface area contributed by atoms with Gasteiger partial charge in [0.15, 0.2) is 0 Å². The molecule has 2 nitrogen and oxygen atoms in total. The lowest BCUT2D eigenvalue weighted by atomic mass is 9.79. The third-order valence-electron chi connectivity index (χ3n) is 16.1. The summed E-state index contributed by atoms with van der Waals surface area (Å²) in [4.78, 5) is 0. The Morgan fingerprint density at radius 2 is 0.512 bits per heavy atom. The summed E-state index contributed by atoms with van der Waals surface area (Å²) in [5, 5.41) is 44.2. The van der Waals surface area contributed by atoms with Crippen molar-refractivity contribution in [2.24, 2.45) is 0 Å². The highest BCUT2D eigenvalue weighted by Crippen LogP contribution is 2.44. The number of halogens is 1. The second kappa shape index (κ2) is 20.8. The molecule has 16 aromatic rings. The average Bonchev–Trinajstić information content (AvgIpc) is 3.66. The standard InChI is InChI=1S/C38H24.C22H13Br.C16H13BO2/c1-2-12-28-25(10-1)11-9-19-29(28)26-20-22-27(23-21-26)36-24-37-32-15-4-3-13-30(32)31-14-5-7-17-34(31)38(37)35-18-8-6-16-33(35)36;23-21-13-20-16-9-2-1-7-14(16)15-8-3-5-11-18(15)22(20)19-12-6-4-10-17(19)21;18-17(19)14-10-8-13(9-11-14)16-7-3-5-12-4-1-2-6-15(12)16/h1-24H;1-13H;1-11,18-19H. The summed E-state index contributed by atoms with van der Waals surface area (Å²) >= 11 is 3.77. The van der Waals surface area contributed by atoms with Crippen LogP contribution in [0.25, 0.3) is 141 Å². The molecule has 0 fully saturated rings. The molecule has 0 amide bonds. The van der Waals surface area contributed by atoms with E-state index < -0.39 is 7.12 Å². The van der Waals surface area contributed by atoms with Gasteiger partial charge in [-0.15, -0.1) is 0 Å². The molecule has 0 atom stereocenters. The van der Waals surface area contributed by atoms with E-state index in [1.807, 2.05) is 30.3 Å². The van der Waals surface area contributed by atoms with Crippen molar-refractivity contribution < 1.29 is 10.0 Å². The van der Waals surface area contributed by atoms with Crippen molar-refractivity contribution in [1.29, 1.82) is 0 Å². The summed E-state index contributed by atoms with van der Waals surface area (Å²) in [5.41, 5.74) is 7.76. The molecule has 0 spiro atoms. The number of rotatable bonds is 4. The molecule has 0 aliphatic carbocycles. The Balaban J connectivity index is 0.000000117. The number of hydrogen-bond acceptors (Lipinski definition) is 2. The number of benzene rings is 16. The van der Waals surface area contributed by atoms with Crippen LogP contribution in [-0.2, 0) is 0 Å². The first-order chi connectivity index (χ1) is 39.5. The van der Waals surface area contributed by atoms with Gasteiger partial charge < -0.3 is 10.0 Å². The smallest absolute Gasteiger partial charge is 0.423 e. The maximum Gasteiger partial charge on any atom is 0.488 e. The quantitative estimate of drug-likeness (QED) is 0.136. The minimum absolute atomic E-state index is 0.504. The van der Waals surface area contributed by atoms with Gasteiger partial charge in [-0.1, -0.05) is 295 Å². The SMILES string of the molecule is Brc1cc2c3ccccc3c3ccccc3c2c2ccccc12.OB(O)c1ccc(-c2cccc3ccccc23)cc1.c1ccc2c(-c3ccc(-c4cc5c6ccccc6c6ccccc6c5c5ccccc45)cc3)cccc2c1. The van der Waals surface area contributed by atoms with E-state index >= 15 is 0 Å². The Labute approximate surface area is 472 Å². The lowest BCUT2D eigenvalue weighted by Crippen LogP contribution is -2.29. The largest absolute Gasteiger partial charge is 0.488 e. The minimum Gasteiger partial charge on any atom is -0.423 e. The number of fused-ring (bicyclic) bond motifs is 18. The Morgan fingerprint density at radius 3 is 0.950 bits per heavy atom. The Morgan fingerprint density at radius 1 is 0.225 bits per heavy atom. The highest BCUT2D eigenvalue weighted by atomic mass is 79.9. The van der Waals surface area contributed by atoms with E-state index in [4.69, 9.17) is 10.0 Å². The fraction of sp³-hybridized carbons (Fsp3) is 0. The van der Waals surface area contributed by atoms with Crippen LogP contribution < -0.4 is 5.46 Å². The molecule has 0 unspecified atom stereocenters. The van der Waals surface area contributed by atoms with Gasteiger partial charge in [0.25, 0.3) is 0 Å². The first kappa shape index (κ1) is 48.9. The van der Waals surface area contributed by atoms with Crippen molar-refractivity contribution >= 4 is 136 Å². The summed E-state index contributed by atoms with van der Waals surface area (Å²) in [5.74, 6) is 0. The van der Waals surface area contributed by atoms with Crippen LogP contribution in [0.3, 0.4) is 0 Å². The van der Waals surface area contributed by atoms with Gasteiger partial charge in [-0.05, 0) is 159 Å². The van der Waals surface area contributed by atoms with Crippen LogP contribution in [0.15, 0.2) is 296 Å². The van der Waals surface area contributed by atoms with Crippen LogP contribution in [0.5, 0.6) is 0 Å². The molecule has 0 saturated carbocycles. The van der Waals surface area contributed by atoms with E-state index in [9.17, 15) is 0 Å². The summed E-state index contributed by atoms with van der Waals surface area (Å²) in [6.07, 6.45) is 0. The molecular formula is C76H50BBrO2. The molecule has 16 rings (SSSR count). The van der Waals surface area contributed by atoms with Crippen molar-refractivity contribution in [3.8, 4) is 33.4 Å². The third-order valence-corrected chi connectivity index (χ3v) is 16.7. The van der Waals surface area contributed by atoms with E-state index in [-0.39, 0.29) is 0 Å². The maximum atomic E-state index is 9.11. The number of hydrogen-bond donors (Lipinski definition) is 2. The van der Waals surface area contributed by atoms with E-state index in [1.165, 1.54) is 130 Å². The predicted molar refractivity (Wildman–Crippen MR) is 348 cm³/mol. The normalized spacial score (nSPS) is 11.4. The lowest BCUT2D eigenvalue weighted by Gasteiger charge is -2.16. The second-order valence-electron chi connectivity index (χ2n) is 20.5. The zero-order valence-corrected chi connectivity index (χ0v) is 45.1. The van der Waals surface area contributed by atoms with Gasteiger partial charge >= 0.3 is 7.12 Å². The van der Waals surface area contributed by atoms with Gasteiger partial charge in [-0.25, -0.2) is 0 Å². The van der Waals surface area contributed by atoms with E-state index in [0.29, 0.717) is 5.46 Å². The van der Waals surface area contributed by atoms with Crippen molar-refractivity contribution in [3.05, 3.63) is 296 Å². The molecule has 80 heavy (non-hydrogen) atoms. The summed E-state index contributed by atoms with van der Waals surface area (Å²) in [7, 11) is -1.42. The fourth-order valence-electron chi connectivity index (χ4n) is 12.3. The monoisotopic (exact) mass is 1080 g/mol. The van der Waals surface area contributed by atoms with Crippen molar-refractivity contribution in [1.82, 2.24) is 0 Å². The zero-order valence-electron chi connectivity index (χ0n) is 43.6. The Hall–Kier alpha value is -9.42. The Bertz CT molecular complexity index is 5040. The molecule has 0 aliphatic heterocycles. The third kappa shape index (κ3) is 8.62. The van der Waals surface area contributed by atoms with E-state index in [2.05, 4.69) is 265 Å². The van der Waals surface area contributed by atoms with E-state index in [0.717, 1.165) is 15.6 Å². The van der Waals surface area contributed by atoms with Crippen LogP contribution in [0.1, 0.15) is 0 Å². The van der Waals surface area contributed by atoms with Crippen molar-refractivity contribution in [2.75, 3.05) is 0 Å². The van der Waals surface area contributed by atoms with E-state index in [1.54, 1.807) is 12.1 Å². The topological polar surface area (TPSA) is 40.5 Å². The molecule has 0 saturated heterocycles. The lowest BCUT2D eigenvalue weighted by molar-refractivity contribution is 0.426. The zero-order chi connectivity index (χ0) is 53.7. The van der Waals surface area contributed by atoms with Crippen LogP contribution in [-0.4, -0.2) is 17.2 Å². The highest BCUT2D eigenvalue weighted by Gasteiger charge is 2.17. The molecule has 376 valence electrons. The molecule has 4 heteroatoms. The molecule has 2 N–H and O–H groups in total. The van der Waals surface area contributed by atoms with Crippen LogP contribution in [0.2, 0.25) is 0 Å². The van der Waals surface area contributed by atoms with Crippen LogP contribution in [0.4, 0.5) is 0 Å². The molecule has 0 heterocycles. The average molecular weight is 1090 g/mol. The van der Waals surface area contributed by atoms with Gasteiger partial charge in [-0.3, -0.25) is 0 Å². The van der Waals surface area contributed by atoms with Gasteiger partial charge in [0.1, 0.15) is 0 Å². The summed E-state index contributed by atoms with van der Waals surface area (Å²) < 4.78 is 1.15. The highest BCUT2D eigenvalue weighted by molar-refractivity contribution is 9.10. The molecule has 16 aromatic carbocycles.